The molecule has 0 saturated carbocycles. The number of aliphatic imine (C=N–C) groups is 1. The SMILES string of the molecule is CCNC(=NCCCN1CCOCC1)NCCOc1ccccc1C(F)(F)F.I. The van der Waals surface area contributed by atoms with Crippen LogP contribution in [0, 0.1) is 0 Å². The third kappa shape index (κ3) is 9.85. The summed E-state index contributed by atoms with van der Waals surface area (Å²) in [6.07, 6.45) is -3.49. The first-order chi connectivity index (χ1) is 13.5. The Kier molecular flexibility index (Phi) is 12.3. The molecule has 1 heterocycles. The summed E-state index contributed by atoms with van der Waals surface area (Å²) < 4.78 is 49.5. The summed E-state index contributed by atoms with van der Waals surface area (Å²) in [6.45, 7) is 8.24. The van der Waals surface area contributed by atoms with E-state index in [4.69, 9.17) is 9.47 Å². The Balaban J connectivity index is 0.00000420. The molecule has 0 bridgehead atoms. The van der Waals surface area contributed by atoms with Crippen LogP contribution in [0.2, 0.25) is 0 Å². The van der Waals surface area contributed by atoms with Crippen molar-refractivity contribution in [1.82, 2.24) is 15.5 Å². The maximum atomic E-state index is 13.0. The topological polar surface area (TPSA) is 58.1 Å². The summed E-state index contributed by atoms with van der Waals surface area (Å²) in [5.74, 6) is 0.474. The number of nitrogens with one attached hydrogen (secondary N) is 2. The number of guanidine groups is 1. The maximum Gasteiger partial charge on any atom is 0.419 e. The van der Waals surface area contributed by atoms with Crippen LogP contribution in [0.25, 0.3) is 0 Å². The van der Waals surface area contributed by atoms with Crippen molar-refractivity contribution in [2.24, 2.45) is 4.99 Å². The highest BCUT2D eigenvalue weighted by Crippen LogP contribution is 2.35. The summed E-state index contributed by atoms with van der Waals surface area (Å²) in [7, 11) is 0. The van der Waals surface area contributed by atoms with Crippen LogP contribution in [0.4, 0.5) is 13.2 Å². The highest BCUT2D eigenvalue weighted by Gasteiger charge is 2.33. The van der Waals surface area contributed by atoms with Crippen LogP contribution in [0.3, 0.4) is 0 Å². The molecule has 0 radical (unpaired) electrons. The van der Waals surface area contributed by atoms with Gasteiger partial charge in [0.2, 0.25) is 0 Å². The van der Waals surface area contributed by atoms with Gasteiger partial charge in [0.25, 0.3) is 0 Å². The third-order valence-electron chi connectivity index (χ3n) is 4.19. The van der Waals surface area contributed by atoms with Gasteiger partial charge in [-0.05, 0) is 25.5 Å². The predicted octanol–water partition coefficient (Wildman–Crippen LogP) is 2.98. The normalized spacial score (nSPS) is 15.5. The van der Waals surface area contributed by atoms with Crippen LogP contribution in [0.5, 0.6) is 5.75 Å². The van der Waals surface area contributed by atoms with E-state index in [2.05, 4.69) is 20.5 Å². The highest BCUT2D eigenvalue weighted by atomic mass is 127. The van der Waals surface area contributed by atoms with Gasteiger partial charge >= 0.3 is 6.18 Å². The number of benzene rings is 1. The Morgan fingerprint density at radius 1 is 1.21 bits per heavy atom. The fourth-order valence-corrected chi connectivity index (χ4v) is 2.81. The Bertz CT molecular complexity index is 611. The van der Waals surface area contributed by atoms with Crippen molar-refractivity contribution < 1.29 is 22.6 Å². The summed E-state index contributed by atoms with van der Waals surface area (Å²) in [4.78, 5) is 6.85. The van der Waals surface area contributed by atoms with Crippen LogP contribution in [-0.4, -0.2) is 69.9 Å². The van der Waals surface area contributed by atoms with Gasteiger partial charge in [-0.2, -0.15) is 13.2 Å². The quantitative estimate of drug-likeness (QED) is 0.223. The lowest BCUT2D eigenvalue weighted by atomic mass is 10.2. The van der Waals surface area contributed by atoms with E-state index in [1.807, 2.05) is 6.92 Å². The lowest BCUT2D eigenvalue weighted by molar-refractivity contribution is -0.138. The summed E-state index contributed by atoms with van der Waals surface area (Å²) in [5.41, 5.74) is -0.765. The Morgan fingerprint density at radius 3 is 2.62 bits per heavy atom. The number of hydrogen-bond acceptors (Lipinski definition) is 4. The first kappa shape index (κ1) is 25.8. The number of halogens is 4. The van der Waals surface area contributed by atoms with E-state index in [0.29, 0.717) is 25.6 Å². The second kappa shape index (κ2) is 13.9. The summed E-state index contributed by atoms with van der Waals surface area (Å²) >= 11 is 0. The van der Waals surface area contributed by atoms with Gasteiger partial charge in [0, 0.05) is 32.7 Å². The standard InChI is InChI=1S/C19H29F3N4O2.HI/c1-2-23-18(24-8-5-10-26-11-14-27-15-12-26)25-9-13-28-17-7-4-3-6-16(17)19(20,21)22;/h3-4,6-7H,2,5,8-15H2,1H3,(H2,23,24,25);1H. The van der Waals surface area contributed by atoms with Crippen molar-refractivity contribution in [2.75, 3.05) is 59.1 Å². The van der Waals surface area contributed by atoms with Crippen molar-refractivity contribution in [1.29, 1.82) is 0 Å². The molecule has 0 spiro atoms. The Labute approximate surface area is 187 Å². The van der Waals surface area contributed by atoms with Crippen molar-refractivity contribution in [3.63, 3.8) is 0 Å². The average Bonchev–Trinajstić information content (AvgIpc) is 2.68. The molecular formula is C19H30F3IN4O2. The smallest absolute Gasteiger partial charge is 0.419 e. The molecule has 0 unspecified atom stereocenters. The third-order valence-corrected chi connectivity index (χ3v) is 4.19. The monoisotopic (exact) mass is 530 g/mol. The molecule has 1 aromatic carbocycles. The van der Waals surface area contributed by atoms with E-state index >= 15 is 0 Å². The van der Waals surface area contributed by atoms with Gasteiger partial charge < -0.3 is 20.1 Å². The number of nitrogens with zero attached hydrogens (tertiary/aromatic N) is 2. The number of morpholine rings is 1. The zero-order valence-corrected chi connectivity index (χ0v) is 19.0. The average molecular weight is 530 g/mol. The van der Waals surface area contributed by atoms with E-state index in [-0.39, 0.29) is 36.3 Å². The largest absolute Gasteiger partial charge is 0.491 e. The van der Waals surface area contributed by atoms with E-state index < -0.39 is 11.7 Å². The molecule has 2 rings (SSSR count). The molecular weight excluding hydrogens is 500 g/mol. The van der Waals surface area contributed by atoms with Gasteiger partial charge in [-0.1, -0.05) is 12.1 Å². The van der Waals surface area contributed by atoms with Gasteiger partial charge in [-0.3, -0.25) is 9.89 Å². The van der Waals surface area contributed by atoms with Gasteiger partial charge in [-0.25, -0.2) is 0 Å². The van der Waals surface area contributed by atoms with Crippen LogP contribution < -0.4 is 15.4 Å². The van der Waals surface area contributed by atoms with Gasteiger partial charge in [-0.15, -0.1) is 24.0 Å². The van der Waals surface area contributed by atoms with Gasteiger partial charge in [0.1, 0.15) is 12.4 Å². The second-order valence-electron chi connectivity index (χ2n) is 6.34. The second-order valence-corrected chi connectivity index (χ2v) is 6.34. The fourth-order valence-electron chi connectivity index (χ4n) is 2.81. The Morgan fingerprint density at radius 2 is 1.93 bits per heavy atom. The molecule has 29 heavy (non-hydrogen) atoms. The lowest BCUT2D eigenvalue weighted by Crippen LogP contribution is -2.40. The molecule has 2 N–H and O–H groups in total. The minimum atomic E-state index is -4.43. The van der Waals surface area contributed by atoms with Crippen LogP contribution in [0.1, 0.15) is 18.9 Å². The van der Waals surface area contributed by atoms with Crippen molar-refractivity contribution in [2.45, 2.75) is 19.5 Å². The lowest BCUT2D eigenvalue weighted by Gasteiger charge is -2.26. The van der Waals surface area contributed by atoms with Crippen molar-refractivity contribution in [3.05, 3.63) is 29.8 Å². The number of ether oxygens (including phenoxy) is 2. The molecule has 1 aliphatic rings. The Hall–Kier alpha value is -1.27. The number of hydrogen-bond donors (Lipinski definition) is 2. The molecule has 0 aliphatic carbocycles. The molecule has 10 heteroatoms. The van der Waals surface area contributed by atoms with Gasteiger partial charge in [0.15, 0.2) is 5.96 Å². The van der Waals surface area contributed by atoms with Crippen molar-refractivity contribution >= 4 is 29.9 Å². The highest BCUT2D eigenvalue weighted by molar-refractivity contribution is 14.0. The fraction of sp³-hybridized carbons (Fsp3) is 0.632. The molecule has 6 nitrogen and oxygen atoms in total. The van der Waals surface area contributed by atoms with E-state index in [0.717, 1.165) is 45.3 Å². The van der Waals surface area contributed by atoms with Crippen LogP contribution >= 0.6 is 24.0 Å². The first-order valence-corrected chi connectivity index (χ1v) is 9.62. The zero-order valence-electron chi connectivity index (χ0n) is 16.6. The van der Waals surface area contributed by atoms with Gasteiger partial charge in [0.05, 0.1) is 25.3 Å². The van der Waals surface area contributed by atoms with Crippen molar-refractivity contribution in [3.8, 4) is 5.75 Å². The molecule has 1 fully saturated rings. The predicted molar refractivity (Wildman–Crippen MR) is 118 cm³/mol. The number of rotatable bonds is 9. The molecule has 0 aromatic heterocycles. The minimum Gasteiger partial charge on any atom is -0.491 e. The van der Waals surface area contributed by atoms with E-state index in [1.54, 1.807) is 0 Å². The molecule has 0 atom stereocenters. The number of alkyl halides is 3. The molecule has 0 amide bonds. The zero-order chi connectivity index (χ0) is 20.2. The number of para-hydroxylation sites is 1. The molecule has 166 valence electrons. The molecule has 1 saturated heterocycles. The van der Waals surface area contributed by atoms with Crippen LogP contribution in [-0.2, 0) is 10.9 Å². The van der Waals surface area contributed by atoms with E-state index in [1.165, 1.54) is 18.2 Å². The summed E-state index contributed by atoms with van der Waals surface area (Å²) in [6, 6.07) is 5.22. The van der Waals surface area contributed by atoms with E-state index in [9.17, 15) is 13.2 Å². The minimum absolute atomic E-state index is 0. The first-order valence-electron chi connectivity index (χ1n) is 9.62. The summed E-state index contributed by atoms with van der Waals surface area (Å²) in [5, 5.41) is 6.21. The molecule has 1 aliphatic heterocycles. The molecule has 1 aromatic rings. The maximum absolute atomic E-state index is 13.0. The van der Waals surface area contributed by atoms with Crippen LogP contribution in [0.15, 0.2) is 29.3 Å².